The van der Waals surface area contributed by atoms with Crippen molar-refractivity contribution in [1.29, 1.82) is 0 Å². The normalized spacial score (nSPS) is 10.8. The Bertz CT molecular complexity index is 708. The highest BCUT2D eigenvalue weighted by Gasteiger charge is 2.09. The summed E-state index contributed by atoms with van der Waals surface area (Å²) in [6.45, 7) is 0. The molecule has 7 heteroatoms. The van der Waals surface area contributed by atoms with Crippen molar-refractivity contribution in [2.75, 3.05) is 19.6 Å². The molecule has 0 aliphatic rings. The molecule has 0 saturated heterocycles. The van der Waals surface area contributed by atoms with E-state index in [0.29, 0.717) is 21.5 Å². The second-order valence-corrected chi connectivity index (χ2v) is 6.21. The van der Waals surface area contributed by atoms with Crippen LogP contribution in [0.15, 0.2) is 35.4 Å². The molecule has 2 aromatic carbocycles. The first kappa shape index (κ1) is 17.2. The van der Waals surface area contributed by atoms with E-state index in [9.17, 15) is 0 Å². The first-order chi connectivity index (χ1) is 10.5. The van der Waals surface area contributed by atoms with Crippen molar-refractivity contribution in [3.63, 3.8) is 0 Å². The van der Waals surface area contributed by atoms with Gasteiger partial charge in [0.2, 0.25) is 0 Å². The number of nitrogens with one attached hydrogen (secondary N) is 1. The molecule has 0 amide bonds. The summed E-state index contributed by atoms with van der Waals surface area (Å²) in [6.07, 6.45) is 1.69. The molecule has 1 N–H and O–H groups in total. The Morgan fingerprint density at radius 1 is 1.09 bits per heavy atom. The van der Waals surface area contributed by atoms with Crippen LogP contribution in [0.25, 0.3) is 0 Å². The van der Waals surface area contributed by atoms with Crippen LogP contribution in [0.3, 0.4) is 0 Å². The number of benzene rings is 2. The molecule has 0 fully saturated rings. The maximum absolute atomic E-state index is 5.95. The first-order valence-corrected chi connectivity index (χ1v) is 8.04. The lowest BCUT2D eigenvalue weighted by Crippen LogP contribution is -1.96. The largest absolute Gasteiger partial charge is 0.493 e. The Morgan fingerprint density at radius 3 is 2.50 bits per heavy atom. The summed E-state index contributed by atoms with van der Waals surface area (Å²) in [7, 11) is 3.21. The molecule has 0 aliphatic heterocycles. The van der Waals surface area contributed by atoms with Crippen LogP contribution in [-0.2, 0) is 0 Å². The lowest BCUT2D eigenvalue weighted by atomic mass is 10.2. The zero-order valence-corrected chi connectivity index (χ0v) is 15.5. The Balaban J connectivity index is 2.16. The van der Waals surface area contributed by atoms with Crippen molar-refractivity contribution in [1.82, 2.24) is 0 Å². The fourth-order valence-corrected chi connectivity index (χ4v) is 2.90. The van der Waals surface area contributed by atoms with Gasteiger partial charge in [-0.15, -0.1) is 0 Å². The SMILES string of the molecule is COc1cc(C=NNc2ccc(Cl)c(Cl)c2)cc(I)c1OC. The Morgan fingerprint density at radius 2 is 1.86 bits per heavy atom. The minimum Gasteiger partial charge on any atom is -0.493 e. The molecule has 0 unspecified atom stereocenters. The molecule has 0 aliphatic carbocycles. The van der Waals surface area contributed by atoms with E-state index < -0.39 is 0 Å². The van der Waals surface area contributed by atoms with Crippen molar-refractivity contribution in [3.8, 4) is 11.5 Å². The van der Waals surface area contributed by atoms with E-state index in [4.69, 9.17) is 32.7 Å². The van der Waals surface area contributed by atoms with Gasteiger partial charge in [0, 0.05) is 0 Å². The second-order valence-electron chi connectivity index (χ2n) is 4.24. The lowest BCUT2D eigenvalue weighted by Gasteiger charge is -2.10. The summed E-state index contributed by atoms with van der Waals surface area (Å²) in [5.74, 6) is 1.36. The zero-order chi connectivity index (χ0) is 16.1. The molecule has 22 heavy (non-hydrogen) atoms. The highest BCUT2D eigenvalue weighted by atomic mass is 127. The molecule has 0 spiro atoms. The van der Waals surface area contributed by atoms with Crippen LogP contribution in [0.2, 0.25) is 10.0 Å². The van der Waals surface area contributed by atoms with E-state index in [-0.39, 0.29) is 0 Å². The van der Waals surface area contributed by atoms with Gasteiger partial charge in [-0.25, -0.2) is 0 Å². The molecule has 0 heterocycles. The van der Waals surface area contributed by atoms with E-state index in [0.717, 1.165) is 14.8 Å². The third-order valence-electron chi connectivity index (χ3n) is 2.78. The van der Waals surface area contributed by atoms with Gasteiger partial charge in [0.05, 0.1) is 39.7 Å². The molecule has 4 nitrogen and oxygen atoms in total. The van der Waals surface area contributed by atoms with Crippen molar-refractivity contribution in [2.24, 2.45) is 5.10 Å². The van der Waals surface area contributed by atoms with Crippen molar-refractivity contribution >= 4 is 57.7 Å². The van der Waals surface area contributed by atoms with Gasteiger partial charge in [-0.3, -0.25) is 5.43 Å². The topological polar surface area (TPSA) is 42.8 Å². The minimum atomic E-state index is 0.475. The predicted octanol–water partition coefficient (Wildman–Crippen LogP) is 5.06. The smallest absolute Gasteiger partial charge is 0.174 e. The maximum Gasteiger partial charge on any atom is 0.174 e. The van der Waals surface area contributed by atoms with E-state index in [1.165, 1.54) is 0 Å². The molecule has 0 bridgehead atoms. The van der Waals surface area contributed by atoms with Crippen LogP contribution < -0.4 is 14.9 Å². The predicted molar refractivity (Wildman–Crippen MR) is 99.9 cm³/mol. The fraction of sp³-hybridized carbons (Fsp3) is 0.133. The number of nitrogens with zero attached hydrogens (tertiary/aromatic N) is 1. The summed E-state index contributed by atoms with van der Waals surface area (Å²) >= 11 is 14.0. The minimum absolute atomic E-state index is 0.475. The van der Waals surface area contributed by atoms with Gasteiger partial charge >= 0.3 is 0 Å². The van der Waals surface area contributed by atoms with Gasteiger partial charge < -0.3 is 9.47 Å². The molecule has 0 aromatic heterocycles. The number of hydrazone groups is 1. The van der Waals surface area contributed by atoms with Gasteiger partial charge in [-0.2, -0.15) is 5.10 Å². The summed E-state index contributed by atoms with van der Waals surface area (Å²) in [4.78, 5) is 0. The van der Waals surface area contributed by atoms with Crippen LogP contribution in [0.4, 0.5) is 5.69 Å². The third kappa shape index (κ3) is 4.18. The van der Waals surface area contributed by atoms with Crippen LogP contribution >= 0.6 is 45.8 Å². The van der Waals surface area contributed by atoms with Gasteiger partial charge in [0.1, 0.15) is 0 Å². The number of methoxy groups -OCH3 is 2. The standard InChI is InChI=1S/C15H13Cl2IN2O2/c1-21-14-6-9(5-13(18)15(14)22-2)8-19-20-10-3-4-11(16)12(17)7-10/h3-8,20H,1-2H3. The highest BCUT2D eigenvalue weighted by Crippen LogP contribution is 2.33. The van der Waals surface area contributed by atoms with E-state index in [1.54, 1.807) is 38.6 Å². The average molecular weight is 451 g/mol. The molecule has 0 saturated carbocycles. The molecule has 0 radical (unpaired) electrons. The second kappa shape index (κ2) is 7.89. The molecular weight excluding hydrogens is 438 g/mol. The Labute approximate surface area is 152 Å². The van der Waals surface area contributed by atoms with Crippen LogP contribution in [0, 0.1) is 3.57 Å². The number of hydrogen-bond acceptors (Lipinski definition) is 4. The molecule has 2 rings (SSSR count). The lowest BCUT2D eigenvalue weighted by molar-refractivity contribution is 0.353. The summed E-state index contributed by atoms with van der Waals surface area (Å²) in [5.41, 5.74) is 4.53. The van der Waals surface area contributed by atoms with Crippen molar-refractivity contribution in [2.45, 2.75) is 0 Å². The number of rotatable bonds is 5. The van der Waals surface area contributed by atoms with Crippen molar-refractivity contribution < 1.29 is 9.47 Å². The number of hydrogen-bond donors (Lipinski definition) is 1. The molecular formula is C15H13Cl2IN2O2. The molecule has 116 valence electrons. The quantitative estimate of drug-likeness (QED) is 0.393. The first-order valence-electron chi connectivity index (χ1n) is 6.20. The van der Waals surface area contributed by atoms with Crippen LogP contribution in [-0.4, -0.2) is 20.4 Å². The fourth-order valence-electron chi connectivity index (χ4n) is 1.76. The van der Waals surface area contributed by atoms with Crippen LogP contribution in [0.1, 0.15) is 5.56 Å². The number of halogens is 3. The van der Waals surface area contributed by atoms with Crippen molar-refractivity contribution in [3.05, 3.63) is 49.5 Å². The van der Waals surface area contributed by atoms with E-state index in [2.05, 4.69) is 33.1 Å². The maximum atomic E-state index is 5.95. The van der Waals surface area contributed by atoms with Gasteiger partial charge in [0.15, 0.2) is 11.5 Å². The average Bonchev–Trinajstić information content (AvgIpc) is 2.50. The van der Waals surface area contributed by atoms with Gasteiger partial charge in [0.25, 0.3) is 0 Å². The molecule has 0 atom stereocenters. The summed E-state index contributed by atoms with van der Waals surface area (Å²) in [5, 5.41) is 5.16. The monoisotopic (exact) mass is 450 g/mol. The zero-order valence-electron chi connectivity index (χ0n) is 11.9. The number of anilines is 1. The highest BCUT2D eigenvalue weighted by molar-refractivity contribution is 14.1. The summed E-state index contributed by atoms with van der Waals surface area (Å²) < 4.78 is 11.5. The van der Waals surface area contributed by atoms with Gasteiger partial charge in [-0.05, 0) is 58.5 Å². The summed E-state index contributed by atoms with van der Waals surface area (Å²) in [6, 6.07) is 9.01. The third-order valence-corrected chi connectivity index (χ3v) is 4.32. The van der Waals surface area contributed by atoms with E-state index in [1.807, 2.05) is 12.1 Å². The molecule has 2 aromatic rings. The van der Waals surface area contributed by atoms with Gasteiger partial charge in [-0.1, -0.05) is 23.2 Å². The Kier molecular flexibility index (Phi) is 6.16. The Hall–Kier alpha value is -1.18. The number of ether oxygens (including phenoxy) is 2. The van der Waals surface area contributed by atoms with Crippen LogP contribution in [0.5, 0.6) is 11.5 Å². The van der Waals surface area contributed by atoms with E-state index >= 15 is 0 Å².